The number of thioether (sulfide) groups is 1. The van der Waals surface area contributed by atoms with E-state index in [1.54, 1.807) is 18.0 Å². The zero-order valence-electron chi connectivity index (χ0n) is 16.4. The molecule has 0 atom stereocenters. The van der Waals surface area contributed by atoms with Crippen LogP contribution in [0.25, 0.3) is 17.1 Å². The van der Waals surface area contributed by atoms with Gasteiger partial charge >= 0.3 is 0 Å². The summed E-state index contributed by atoms with van der Waals surface area (Å²) in [5, 5.41) is 9.80. The van der Waals surface area contributed by atoms with Crippen LogP contribution in [0.3, 0.4) is 0 Å². The summed E-state index contributed by atoms with van der Waals surface area (Å²) in [4.78, 5) is 4.24. The minimum Gasteiger partial charge on any atom is -0.494 e. The Bertz CT molecular complexity index is 1080. The molecule has 0 N–H and O–H groups in total. The maximum absolute atomic E-state index is 5.58. The number of hydrogen-bond donors (Lipinski definition) is 0. The van der Waals surface area contributed by atoms with Crippen LogP contribution in [-0.4, -0.2) is 26.4 Å². The molecule has 29 heavy (non-hydrogen) atoms. The summed E-state index contributed by atoms with van der Waals surface area (Å²) in [5.41, 5.74) is 4.44. The number of nitrogens with zero attached hydrogens (tertiary/aromatic N) is 4. The molecule has 0 amide bonds. The van der Waals surface area contributed by atoms with Crippen LogP contribution in [0.2, 0.25) is 0 Å². The number of hydrogen-bond acceptors (Lipinski definition) is 5. The molecule has 4 rings (SSSR count). The predicted octanol–water partition coefficient (Wildman–Crippen LogP) is 5.33. The van der Waals surface area contributed by atoms with Crippen LogP contribution in [-0.2, 0) is 5.75 Å². The van der Waals surface area contributed by atoms with Crippen molar-refractivity contribution in [3.05, 3.63) is 84.2 Å². The van der Waals surface area contributed by atoms with Gasteiger partial charge in [0.25, 0.3) is 0 Å². The van der Waals surface area contributed by atoms with Crippen molar-refractivity contribution >= 4 is 11.8 Å². The molecule has 2 aromatic heterocycles. The molecule has 0 aliphatic carbocycles. The first-order valence-corrected chi connectivity index (χ1v) is 10.5. The van der Waals surface area contributed by atoms with Crippen LogP contribution in [0.4, 0.5) is 0 Å². The minimum atomic E-state index is 0.643. The Morgan fingerprint density at radius 2 is 1.86 bits per heavy atom. The van der Waals surface area contributed by atoms with E-state index in [1.807, 2.05) is 49.5 Å². The fourth-order valence-corrected chi connectivity index (χ4v) is 3.98. The second kappa shape index (κ2) is 8.92. The standard InChI is InChI=1S/C23H22N4OS/c1-3-28-21-11-9-20(10-12-21)27-22(19-8-5-13-24-15-19)25-26-23(27)29-16-18-7-4-6-17(2)14-18/h4-15H,3,16H2,1-2H3. The Morgan fingerprint density at radius 3 is 2.59 bits per heavy atom. The van der Waals surface area contributed by atoms with Crippen molar-refractivity contribution in [1.29, 1.82) is 0 Å². The van der Waals surface area contributed by atoms with E-state index in [4.69, 9.17) is 4.74 Å². The Balaban J connectivity index is 1.70. The third kappa shape index (κ3) is 4.49. The van der Waals surface area contributed by atoms with Crippen LogP contribution in [0.1, 0.15) is 18.1 Å². The molecule has 0 aliphatic heterocycles. The summed E-state index contributed by atoms with van der Waals surface area (Å²) in [6.07, 6.45) is 3.57. The van der Waals surface area contributed by atoms with E-state index in [9.17, 15) is 0 Å². The number of ether oxygens (including phenoxy) is 1. The molecular weight excluding hydrogens is 380 g/mol. The smallest absolute Gasteiger partial charge is 0.196 e. The molecule has 0 aliphatic rings. The van der Waals surface area contributed by atoms with E-state index in [0.717, 1.165) is 33.7 Å². The van der Waals surface area contributed by atoms with Crippen molar-refractivity contribution in [3.63, 3.8) is 0 Å². The molecule has 0 saturated carbocycles. The zero-order valence-corrected chi connectivity index (χ0v) is 17.3. The zero-order chi connectivity index (χ0) is 20.1. The first-order chi connectivity index (χ1) is 14.2. The van der Waals surface area contributed by atoms with Gasteiger partial charge in [0, 0.05) is 29.4 Å². The molecule has 0 unspecified atom stereocenters. The molecule has 2 aromatic carbocycles. The lowest BCUT2D eigenvalue weighted by molar-refractivity contribution is 0.340. The van der Waals surface area contributed by atoms with E-state index < -0.39 is 0 Å². The van der Waals surface area contributed by atoms with Crippen molar-refractivity contribution in [2.75, 3.05) is 6.61 Å². The third-order valence-corrected chi connectivity index (χ3v) is 5.41. The molecule has 146 valence electrons. The number of pyridine rings is 1. The third-order valence-electron chi connectivity index (χ3n) is 4.41. The van der Waals surface area contributed by atoms with Crippen LogP contribution in [0.5, 0.6) is 5.75 Å². The molecule has 0 saturated heterocycles. The van der Waals surface area contributed by atoms with Crippen molar-refractivity contribution in [2.45, 2.75) is 24.8 Å². The highest BCUT2D eigenvalue weighted by Gasteiger charge is 2.16. The lowest BCUT2D eigenvalue weighted by atomic mass is 10.2. The van der Waals surface area contributed by atoms with E-state index >= 15 is 0 Å². The van der Waals surface area contributed by atoms with E-state index in [2.05, 4.69) is 50.9 Å². The summed E-state index contributed by atoms with van der Waals surface area (Å²) in [6, 6.07) is 20.5. The topological polar surface area (TPSA) is 52.8 Å². The van der Waals surface area contributed by atoms with Gasteiger partial charge in [-0.3, -0.25) is 9.55 Å². The Labute approximate surface area is 174 Å². The minimum absolute atomic E-state index is 0.643. The van der Waals surface area contributed by atoms with Crippen molar-refractivity contribution in [2.24, 2.45) is 0 Å². The monoisotopic (exact) mass is 402 g/mol. The summed E-state index contributed by atoms with van der Waals surface area (Å²) < 4.78 is 7.66. The maximum atomic E-state index is 5.58. The highest BCUT2D eigenvalue weighted by atomic mass is 32.2. The fraction of sp³-hybridized carbons (Fsp3) is 0.174. The van der Waals surface area contributed by atoms with E-state index in [-0.39, 0.29) is 0 Å². The second-order valence-corrected chi connectivity index (χ2v) is 7.53. The van der Waals surface area contributed by atoms with Gasteiger partial charge in [-0.2, -0.15) is 0 Å². The van der Waals surface area contributed by atoms with Gasteiger partial charge in [-0.15, -0.1) is 10.2 Å². The molecule has 5 nitrogen and oxygen atoms in total. The van der Waals surface area contributed by atoms with Gasteiger partial charge in [-0.05, 0) is 55.8 Å². The maximum Gasteiger partial charge on any atom is 0.196 e. The van der Waals surface area contributed by atoms with Crippen LogP contribution < -0.4 is 4.74 Å². The second-order valence-electron chi connectivity index (χ2n) is 6.59. The highest BCUT2D eigenvalue weighted by Crippen LogP contribution is 2.30. The van der Waals surface area contributed by atoms with Gasteiger partial charge in [-0.1, -0.05) is 41.6 Å². The van der Waals surface area contributed by atoms with Crippen molar-refractivity contribution in [1.82, 2.24) is 19.7 Å². The Kier molecular flexibility index (Phi) is 5.91. The molecule has 2 heterocycles. The fourth-order valence-electron chi connectivity index (χ4n) is 3.09. The number of rotatable bonds is 7. The average Bonchev–Trinajstić information content (AvgIpc) is 3.18. The summed E-state index contributed by atoms with van der Waals surface area (Å²) in [7, 11) is 0. The van der Waals surface area contributed by atoms with Gasteiger partial charge in [-0.25, -0.2) is 0 Å². The summed E-state index contributed by atoms with van der Waals surface area (Å²) in [5.74, 6) is 2.44. The molecule has 0 bridgehead atoms. The van der Waals surface area contributed by atoms with Crippen LogP contribution >= 0.6 is 11.8 Å². The number of benzene rings is 2. The molecule has 0 radical (unpaired) electrons. The SMILES string of the molecule is CCOc1ccc(-n2c(SCc3cccc(C)c3)nnc2-c2cccnc2)cc1. The van der Waals surface area contributed by atoms with Gasteiger partial charge in [0.15, 0.2) is 11.0 Å². The van der Waals surface area contributed by atoms with Crippen LogP contribution in [0, 0.1) is 6.92 Å². The van der Waals surface area contributed by atoms with E-state index in [0.29, 0.717) is 6.61 Å². The summed E-state index contributed by atoms with van der Waals surface area (Å²) >= 11 is 1.67. The average molecular weight is 403 g/mol. The largest absolute Gasteiger partial charge is 0.494 e. The molecular formula is C23H22N4OS. The Morgan fingerprint density at radius 1 is 1.00 bits per heavy atom. The highest BCUT2D eigenvalue weighted by molar-refractivity contribution is 7.98. The van der Waals surface area contributed by atoms with Gasteiger partial charge in [0.1, 0.15) is 5.75 Å². The molecule has 0 spiro atoms. The quantitative estimate of drug-likeness (QED) is 0.391. The predicted molar refractivity (Wildman–Crippen MR) is 116 cm³/mol. The van der Waals surface area contributed by atoms with Gasteiger partial charge < -0.3 is 4.74 Å². The summed E-state index contributed by atoms with van der Waals surface area (Å²) in [6.45, 7) is 4.73. The molecule has 0 fully saturated rings. The number of aromatic nitrogens is 4. The first kappa shape index (κ1) is 19.2. The first-order valence-electron chi connectivity index (χ1n) is 9.52. The lowest BCUT2D eigenvalue weighted by Crippen LogP contribution is -2.00. The van der Waals surface area contributed by atoms with Crippen molar-refractivity contribution < 1.29 is 4.74 Å². The number of aryl methyl sites for hydroxylation is 1. The van der Waals surface area contributed by atoms with E-state index in [1.165, 1.54) is 11.1 Å². The lowest BCUT2D eigenvalue weighted by Gasteiger charge is -2.11. The van der Waals surface area contributed by atoms with Crippen LogP contribution in [0.15, 0.2) is 78.2 Å². The molecule has 6 heteroatoms. The molecule has 4 aromatic rings. The normalized spacial score (nSPS) is 10.8. The van der Waals surface area contributed by atoms with Crippen molar-refractivity contribution in [3.8, 4) is 22.8 Å². The Hall–Kier alpha value is -3.12. The van der Waals surface area contributed by atoms with Gasteiger partial charge in [0.05, 0.1) is 6.61 Å². The van der Waals surface area contributed by atoms with Gasteiger partial charge in [0.2, 0.25) is 0 Å².